The van der Waals surface area contributed by atoms with Crippen LogP contribution in [0.3, 0.4) is 0 Å². The summed E-state index contributed by atoms with van der Waals surface area (Å²) in [5.74, 6) is -3.59. The van der Waals surface area contributed by atoms with E-state index in [0.29, 0.717) is 38.1 Å². The molecule has 1 heterocycles. The van der Waals surface area contributed by atoms with Gasteiger partial charge in [0.25, 0.3) is 11.6 Å². The van der Waals surface area contributed by atoms with Gasteiger partial charge in [0.2, 0.25) is 0 Å². The standard InChI is InChI=1S/C19H17F2N3O6/c20-12-1-3-16(15(21)9-12)22-18(25)11-30-19(26)14-10-13(24(27)28)2-4-17(14)23-5-7-29-8-6-23/h1-4,9-10H,5-8,11H2,(H,22,25). The zero-order chi connectivity index (χ0) is 21.7. The zero-order valence-electron chi connectivity index (χ0n) is 15.6. The number of amides is 1. The normalized spacial score (nSPS) is 13.6. The Hall–Kier alpha value is -3.60. The third-order valence-electron chi connectivity index (χ3n) is 4.30. The molecule has 0 unspecified atom stereocenters. The molecule has 3 rings (SSSR count). The van der Waals surface area contributed by atoms with E-state index in [-0.39, 0.29) is 16.9 Å². The Bertz CT molecular complexity index is 979. The minimum absolute atomic E-state index is 0.0770. The van der Waals surface area contributed by atoms with E-state index in [1.54, 1.807) is 0 Å². The molecular weight excluding hydrogens is 404 g/mol. The summed E-state index contributed by atoms with van der Waals surface area (Å²) in [4.78, 5) is 36.8. The molecule has 1 amide bonds. The highest BCUT2D eigenvalue weighted by Gasteiger charge is 2.23. The summed E-state index contributed by atoms with van der Waals surface area (Å²) in [6, 6.07) is 6.37. The van der Waals surface area contributed by atoms with Crippen molar-refractivity contribution in [1.82, 2.24) is 0 Å². The van der Waals surface area contributed by atoms with E-state index in [0.717, 1.165) is 18.2 Å². The summed E-state index contributed by atoms with van der Waals surface area (Å²) in [6.07, 6.45) is 0. The number of hydrogen-bond acceptors (Lipinski definition) is 7. The minimum Gasteiger partial charge on any atom is -0.452 e. The molecule has 0 spiro atoms. The van der Waals surface area contributed by atoms with Gasteiger partial charge in [-0.15, -0.1) is 0 Å². The zero-order valence-corrected chi connectivity index (χ0v) is 15.6. The molecule has 11 heteroatoms. The van der Waals surface area contributed by atoms with Gasteiger partial charge in [0.15, 0.2) is 6.61 Å². The number of ether oxygens (including phenoxy) is 2. The highest BCUT2D eigenvalue weighted by Crippen LogP contribution is 2.27. The van der Waals surface area contributed by atoms with Crippen molar-refractivity contribution in [3.8, 4) is 0 Å². The first-order valence-corrected chi connectivity index (χ1v) is 8.88. The molecule has 1 fully saturated rings. The molecule has 1 N–H and O–H groups in total. The number of carbonyl (C=O) groups excluding carboxylic acids is 2. The highest BCUT2D eigenvalue weighted by molar-refractivity contribution is 5.99. The van der Waals surface area contributed by atoms with Crippen LogP contribution >= 0.6 is 0 Å². The molecule has 0 saturated carbocycles. The maximum Gasteiger partial charge on any atom is 0.341 e. The fraction of sp³-hybridized carbons (Fsp3) is 0.263. The maximum atomic E-state index is 13.6. The van der Waals surface area contributed by atoms with E-state index in [1.807, 2.05) is 4.90 Å². The van der Waals surface area contributed by atoms with Gasteiger partial charge in [0.05, 0.1) is 35.1 Å². The molecule has 1 saturated heterocycles. The summed E-state index contributed by atoms with van der Waals surface area (Å²) in [6.45, 7) is 1.04. The van der Waals surface area contributed by atoms with Gasteiger partial charge in [0, 0.05) is 31.3 Å². The smallest absolute Gasteiger partial charge is 0.341 e. The summed E-state index contributed by atoms with van der Waals surface area (Å²) in [5.41, 5.74) is -0.246. The number of nitro groups is 1. The monoisotopic (exact) mass is 421 g/mol. The van der Waals surface area contributed by atoms with Crippen LogP contribution in [0.25, 0.3) is 0 Å². The average Bonchev–Trinajstić information content (AvgIpc) is 2.74. The van der Waals surface area contributed by atoms with Crippen molar-refractivity contribution in [3.63, 3.8) is 0 Å². The van der Waals surface area contributed by atoms with E-state index < -0.39 is 35.0 Å². The highest BCUT2D eigenvalue weighted by atomic mass is 19.1. The number of nitrogens with zero attached hydrogens (tertiary/aromatic N) is 2. The first-order chi connectivity index (χ1) is 14.3. The number of hydrogen-bond donors (Lipinski definition) is 1. The van der Waals surface area contributed by atoms with Crippen molar-refractivity contribution in [3.05, 3.63) is 63.7 Å². The van der Waals surface area contributed by atoms with Gasteiger partial charge in [-0.2, -0.15) is 0 Å². The Labute approximate surface area is 169 Å². The first kappa shape index (κ1) is 21.1. The van der Waals surface area contributed by atoms with E-state index in [2.05, 4.69) is 5.32 Å². The molecule has 30 heavy (non-hydrogen) atoms. The Balaban J connectivity index is 1.72. The van der Waals surface area contributed by atoms with Gasteiger partial charge in [0.1, 0.15) is 11.6 Å². The molecule has 0 atom stereocenters. The lowest BCUT2D eigenvalue weighted by molar-refractivity contribution is -0.384. The third-order valence-corrected chi connectivity index (χ3v) is 4.30. The lowest BCUT2D eigenvalue weighted by Crippen LogP contribution is -2.37. The minimum atomic E-state index is -0.983. The van der Waals surface area contributed by atoms with Crippen molar-refractivity contribution >= 4 is 28.9 Å². The van der Waals surface area contributed by atoms with Crippen molar-refractivity contribution in [1.29, 1.82) is 0 Å². The second-order valence-corrected chi connectivity index (χ2v) is 6.31. The van der Waals surface area contributed by atoms with Crippen LogP contribution < -0.4 is 10.2 Å². The molecule has 0 aliphatic carbocycles. The summed E-state index contributed by atoms with van der Waals surface area (Å²) in [5, 5.41) is 13.2. The molecular formula is C19H17F2N3O6. The third kappa shape index (κ3) is 5.06. The fourth-order valence-electron chi connectivity index (χ4n) is 2.87. The molecule has 1 aliphatic rings. The van der Waals surface area contributed by atoms with Crippen LogP contribution in [-0.2, 0) is 14.3 Å². The van der Waals surface area contributed by atoms with Crippen molar-refractivity contribution in [2.75, 3.05) is 43.1 Å². The predicted octanol–water partition coefficient (Wildman–Crippen LogP) is 2.51. The van der Waals surface area contributed by atoms with E-state index >= 15 is 0 Å². The lowest BCUT2D eigenvalue weighted by atomic mass is 10.1. The first-order valence-electron chi connectivity index (χ1n) is 8.88. The second-order valence-electron chi connectivity index (χ2n) is 6.31. The number of anilines is 2. The number of carbonyl (C=O) groups is 2. The second kappa shape index (κ2) is 9.27. The van der Waals surface area contributed by atoms with Crippen LogP contribution in [0.5, 0.6) is 0 Å². The Morgan fingerprint density at radius 1 is 1.17 bits per heavy atom. The average molecular weight is 421 g/mol. The molecule has 2 aromatic rings. The number of nitro benzene ring substituents is 1. The van der Waals surface area contributed by atoms with Crippen LogP contribution in [0, 0.1) is 21.7 Å². The van der Waals surface area contributed by atoms with E-state index in [1.165, 1.54) is 12.1 Å². The topological polar surface area (TPSA) is 111 Å². The largest absolute Gasteiger partial charge is 0.452 e. The van der Waals surface area contributed by atoms with Crippen molar-refractivity contribution in [2.24, 2.45) is 0 Å². The van der Waals surface area contributed by atoms with Crippen LogP contribution in [0.15, 0.2) is 36.4 Å². The van der Waals surface area contributed by atoms with E-state index in [4.69, 9.17) is 9.47 Å². The number of nitrogens with one attached hydrogen (secondary N) is 1. The van der Waals surface area contributed by atoms with Crippen LogP contribution in [0.1, 0.15) is 10.4 Å². The number of halogens is 2. The summed E-state index contributed by atoms with van der Waals surface area (Å²) in [7, 11) is 0. The van der Waals surface area contributed by atoms with Crippen LogP contribution in [0.2, 0.25) is 0 Å². The molecule has 0 bridgehead atoms. The number of esters is 1. The summed E-state index contributed by atoms with van der Waals surface area (Å²) < 4.78 is 36.8. The molecule has 2 aromatic carbocycles. The van der Waals surface area contributed by atoms with Gasteiger partial charge in [-0.05, 0) is 18.2 Å². The predicted molar refractivity (Wildman–Crippen MR) is 101 cm³/mol. The Kier molecular flexibility index (Phi) is 6.52. The van der Waals surface area contributed by atoms with Gasteiger partial charge in [-0.1, -0.05) is 0 Å². The maximum absolute atomic E-state index is 13.6. The SMILES string of the molecule is O=C(COC(=O)c1cc([N+](=O)[O-])ccc1N1CCOCC1)Nc1ccc(F)cc1F. The molecule has 1 aliphatic heterocycles. The van der Waals surface area contributed by atoms with Crippen LogP contribution in [0.4, 0.5) is 25.8 Å². The van der Waals surface area contributed by atoms with Gasteiger partial charge >= 0.3 is 5.97 Å². The van der Waals surface area contributed by atoms with Gasteiger partial charge in [-0.25, -0.2) is 13.6 Å². The number of benzene rings is 2. The van der Waals surface area contributed by atoms with Crippen LogP contribution in [-0.4, -0.2) is 49.7 Å². The fourth-order valence-corrected chi connectivity index (χ4v) is 2.87. The van der Waals surface area contributed by atoms with Crippen molar-refractivity contribution < 1.29 is 32.8 Å². The number of morpholine rings is 1. The molecule has 9 nitrogen and oxygen atoms in total. The molecule has 0 radical (unpaired) electrons. The van der Waals surface area contributed by atoms with E-state index in [9.17, 15) is 28.5 Å². The number of rotatable bonds is 6. The number of non-ortho nitro benzene ring substituents is 1. The quantitative estimate of drug-likeness (QED) is 0.433. The molecule has 158 valence electrons. The van der Waals surface area contributed by atoms with Crippen molar-refractivity contribution in [2.45, 2.75) is 0 Å². The Morgan fingerprint density at radius 2 is 1.90 bits per heavy atom. The molecule has 0 aromatic heterocycles. The summed E-state index contributed by atoms with van der Waals surface area (Å²) >= 11 is 0. The van der Waals surface area contributed by atoms with Gasteiger partial charge in [-0.3, -0.25) is 14.9 Å². The Morgan fingerprint density at radius 3 is 2.57 bits per heavy atom. The lowest BCUT2D eigenvalue weighted by Gasteiger charge is -2.30. The van der Waals surface area contributed by atoms with Gasteiger partial charge < -0.3 is 19.7 Å².